The van der Waals surface area contributed by atoms with Crippen molar-refractivity contribution in [1.82, 2.24) is 4.90 Å². The van der Waals surface area contributed by atoms with Gasteiger partial charge in [-0.1, -0.05) is 24.3 Å². The van der Waals surface area contributed by atoms with E-state index in [1.165, 1.54) is 26.4 Å². The maximum Gasteiger partial charge on any atom is 0.254 e. The van der Waals surface area contributed by atoms with Gasteiger partial charge in [-0.3, -0.25) is 9.59 Å². The number of carbonyl (C=O) groups excluding carboxylic acids is 2. The van der Waals surface area contributed by atoms with E-state index in [4.69, 9.17) is 9.47 Å². The topological polar surface area (TPSA) is 67.9 Å². The van der Waals surface area contributed by atoms with E-state index in [0.717, 1.165) is 10.5 Å². The van der Waals surface area contributed by atoms with Gasteiger partial charge in [-0.2, -0.15) is 0 Å². The maximum atomic E-state index is 14.4. The maximum absolute atomic E-state index is 14.4. The highest BCUT2D eigenvalue weighted by Crippen LogP contribution is 2.46. The standard InChI is InChI=1S/C26H25FN2O4S/c1-29-24(15-9-11-16(34-4)12-10-15)23(25(30)28-20-8-6-5-7-19(20)27)17-13-21(32-2)22(33-3)14-18(17)26(29)31/h5-14,23-24H,1-4H3,(H,28,30)/t23-,24+/m0/s1. The van der Waals surface area contributed by atoms with Crippen molar-refractivity contribution >= 4 is 29.3 Å². The normalized spacial score (nSPS) is 17.2. The number of thioether (sulfide) groups is 1. The molecule has 1 aliphatic heterocycles. The number of nitrogens with one attached hydrogen (secondary N) is 1. The molecular formula is C26H25FN2O4S. The molecule has 0 spiro atoms. The molecule has 1 N–H and O–H groups in total. The van der Waals surface area contributed by atoms with Crippen LogP contribution in [-0.2, 0) is 4.79 Å². The molecule has 0 aliphatic carbocycles. The molecule has 1 heterocycles. The number of anilines is 1. The number of methoxy groups -OCH3 is 2. The lowest BCUT2D eigenvalue weighted by Crippen LogP contribution is -2.44. The SMILES string of the molecule is COc1cc2c(cc1OC)[C@H](C(=O)Nc1ccccc1F)[C@@H](c1ccc(SC)cc1)N(C)C2=O. The molecule has 3 aromatic carbocycles. The zero-order valence-corrected chi connectivity index (χ0v) is 20.1. The zero-order valence-electron chi connectivity index (χ0n) is 19.3. The number of carbonyl (C=O) groups is 2. The summed E-state index contributed by atoms with van der Waals surface area (Å²) in [5.41, 5.74) is 1.70. The first-order valence-electron chi connectivity index (χ1n) is 10.6. The van der Waals surface area contributed by atoms with Crippen LogP contribution in [0, 0.1) is 5.82 Å². The van der Waals surface area contributed by atoms with Gasteiger partial charge in [0.1, 0.15) is 5.82 Å². The first kappa shape index (κ1) is 23.6. The van der Waals surface area contributed by atoms with Gasteiger partial charge in [0.15, 0.2) is 11.5 Å². The number of likely N-dealkylation sites (N-methyl/N-ethyl adjacent to an activating group) is 1. The summed E-state index contributed by atoms with van der Waals surface area (Å²) in [7, 11) is 4.65. The monoisotopic (exact) mass is 480 g/mol. The molecule has 0 fully saturated rings. The van der Waals surface area contributed by atoms with Crippen LogP contribution in [0.1, 0.15) is 33.4 Å². The Labute approximate surface area is 202 Å². The number of hydrogen-bond acceptors (Lipinski definition) is 5. The zero-order chi connectivity index (χ0) is 24.4. The fourth-order valence-electron chi connectivity index (χ4n) is 4.32. The molecule has 0 bridgehead atoms. The van der Waals surface area contributed by atoms with Crippen LogP contribution in [0.25, 0.3) is 0 Å². The molecule has 34 heavy (non-hydrogen) atoms. The molecule has 0 radical (unpaired) electrons. The van der Waals surface area contributed by atoms with Crippen molar-refractivity contribution < 1.29 is 23.5 Å². The Balaban J connectivity index is 1.88. The van der Waals surface area contributed by atoms with E-state index >= 15 is 0 Å². The summed E-state index contributed by atoms with van der Waals surface area (Å²) >= 11 is 1.60. The molecule has 1 aliphatic rings. The molecule has 6 nitrogen and oxygen atoms in total. The van der Waals surface area contributed by atoms with Crippen LogP contribution in [0.5, 0.6) is 11.5 Å². The lowest BCUT2D eigenvalue weighted by atomic mass is 9.79. The van der Waals surface area contributed by atoms with Crippen LogP contribution in [0.3, 0.4) is 0 Å². The Kier molecular flexibility index (Phi) is 6.79. The Morgan fingerprint density at radius 1 is 1.03 bits per heavy atom. The number of nitrogens with zero attached hydrogens (tertiary/aromatic N) is 1. The Morgan fingerprint density at radius 3 is 2.29 bits per heavy atom. The number of fused-ring (bicyclic) bond motifs is 1. The molecule has 4 rings (SSSR count). The number of benzene rings is 3. The van der Waals surface area contributed by atoms with Crippen LogP contribution in [-0.4, -0.2) is 44.2 Å². The highest BCUT2D eigenvalue weighted by Gasteiger charge is 2.43. The molecule has 8 heteroatoms. The van der Waals surface area contributed by atoms with Gasteiger partial charge in [0, 0.05) is 17.5 Å². The molecule has 0 unspecified atom stereocenters. The van der Waals surface area contributed by atoms with Gasteiger partial charge in [0.05, 0.1) is 31.9 Å². The van der Waals surface area contributed by atoms with Crippen LogP contribution >= 0.6 is 11.8 Å². The first-order chi connectivity index (χ1) is 16.4. The third kappa shape index (κ3) is 4.21. The van der Waals surface area contributed by atoms with E-state index in [9.17, 15) is 14.0 Å². The minimum atomic E-state index is -0.822. The number of ether oxygens (including phenoxy) is 2. The summed E-state index contributed by atoms with van der Waals surface area (Å²) in [5, 5.41) is 2.72. The van der Waals surface area contributed by atoms with Crippen LogP contribution in [0.15, 0.2) is 65.6 Å². The van der Waals surface area contributed by atoms with E-state index in [1.54, 1.807) is 48.0 Å². The number of rotatable bonds is 6. The predicted molar refractivity (Wildman–Crippen MR) is 130 cm³/mol. The van der Waals surface area contributed by atoms with Gasteiger partial charge < -0.3 is 19.7 Å². The van der Waals surface area contributed by atoms with Gasteiger partial charge in [0.25, 0.3) is 5.91 Å². The summed E-state index contributed by atoms with van der Waals surface area (Å²) in [6.45, 7) is 0. The van der Waals surface area contributed by atoms with Gasteiger partial charge in [0.2, 0.25) is 5.91 Å². The van der Waals surface area contributed by atoms with Crippen molar-refractivity contribution in [2.24, 2.45) is 0 Å². The number of hydrogen-bond donors (Lipinski definition) is 1. The summed E-state index contributed by atoms with van der Waals surface area (Å²) in [6, 6.07) is 16.4. The fourth-order valence-corrected chi connectivity index (χ4v) is 4.73. The third-order valence-corrected chi connectivity index (χ3v) is 6.79. The van der Waals surface area contributed by atoms with E-state index in [1.807, 2.05) is 30.5 Å². The lowest BCUT2D eigenvalue weighted by Gasteiger charge is -2.40. The molecule has 0 saturated carbocycles. The van der Waals surface area contributed by atoms with Gasteiger partial charge >= 0.3 is 0 Å². The average molecular weight is 481 g/mol. The van der Waals surface area contributed by atoms with Crippen molar-refractivity contribution in [3.63, 3.8) is 0 Å². The summed E-state index contributed by atoms with van der Waals surface area (Å²) in [4.78, 5) is 29.7. The lowest BCUT2D eigenvalue weighted by molar-refractivity contribution is -0.119. The molecule has 0 aromatic heterocycles. The Morgan fingerprint density at radius 2 is 1.68 bits per heavy atom. The van der Waals surface area contributed by atoms with E-state index < -0.39 is 23.7 Å². The molecule has 3 aromatic rings. The van der Waals surface area contributed by atoms with E-state index in [-0.39, 0.29) is 11.6 Å². The van der Waals surface area contributed by atoms with E-state index in [2.05, 4.69) is 5.32 Å². The van der Waals surface area contributed by atoms with Crippen LogP contribution < -0.4 is 14.8 Å². The van der Waals surface area contributed by atoms with Crippen molar-refractivity contribution in [3.05, 3.63) is 83.2 Å². The number of para-hydroxylation sites is 1. The van der Waals surface area contributed by atoms with Crippen LogP contribution in [0.2, 0.25) is 0 Å². The highest BCUT2D eigenvalue weighted by molar-refractivity contribution is 7.98. The molecular weight excluding hydrogens is 455 g/mol. The van der Waals surface area contributed by atoms with Crippen molar-refractivity contribution in [3.8, 4) is 11.5 Å². The predicted octanol–water partition coefficient (Wildman–Crippen LogP) is 5.11. The summed E-state index contributed by atoms with van der Waals surface area (Å²) in [5.74, 6) is -1.25. The Hall–Kier alpha value is -3.52. The Bertz CT molecular complexity index is 1230. The van der Waals surface area contributed by atoms with Gasteiger partial charge in [-0.05, 0) is 53.8 Å². The number of amides is 2. The van der Waals surface area contributed by atoms with E-state index in [0.29, 0.717) is 22.6 Å². The molecule has 176 valence electrons. The van der Waals surface area contributed by atoms with Gasteiger partial charge in [-0.15, -0.1) is 11.8 Å². The fraction of sp³-hybridized carbons (Fsp3) is 0.231. The second-order valence-electron chi connectivity index (χ2n) is 7.88. The van der Waals surface area contributed by atoms with Crippen LogP contribution in [0.4, 0.5) is 10.1 Å². The van der Waals surface area contributed by atoms with Crippen molar-refractivity contribution in [2.45, 2.75) is 16.9 Å². The molecule has 0 saturated heterocycles. The second-order valence-corrected chi connectivity index (χ2v) is 8.75. The second kappa shape index (κ2) is 9.77. The minimum absolute atomic E-state index is 0.0746. The minimum Gasteiger partial charge on any atom is -0.493 e. The first-order valence-corrected chi connectivity index (χ1v) is 11.8. The average Bonchev–Trinajstić information content (AvgIpc) is 2.86. The number of halogens is 1. The highest BCUT2D eigenvalue weighted by atomic mass is 32.2. The third-order valence-electron chi connectivity index (χ3n) is 6.05. The summed E-state index contributed by atoms with van der Waals surface area (Å²) in [6.07, 6.45) is 1.98. The van der Waals surface area contributed by atoms with Crippen molar-refractivity contribution in [2.75, 3.05) is 32.8 Å². The smallest absolute Gasteiger partial charge is 0.254 e. The quantitative estimate of drug-likeness (QED) is 0.497. The van der Waals surface area contributed by atoms with Crippen molar-refractivity contribution in [1.29, 1.82) is 0 Å². The largest absolute Gasteiger partial charge is 0.493 e. The summed E-state index contributed by atoms with van der Waals surface area (Å²) < 4.78 is 25.2. The molecule has 2 atom stereocenters. The molecule has 2 amide bonds. The van der Waals surface area contributed by atoms with Gasteiger partial charge in [-0.25, -0.2) is 4.39 Å².